The normalized spacial score (nSPS) is 13.3. The molecule has 5 N–H and O–H groups in total. The summed E-state index contributed by atoms with van der Waals surface area (Å²) >= 11 is 6.30. The number of fused-ring (bicyclic) bond motifs is 2. The summed E-state index contributed by atoms with van der Waals surface area (Å²) in [5.41, 5.74) is 2.62. The lowest BCUT2D eigenvalue weighted by Crippen LogP contribution is -2.41. The molecule has 0 aliphatic heterocycles. The van der Waals surface area contributed by atoms with Gasteiger partial charge in [-0.2, -0.15) is 8.42 Å². The van der Waals surface area contributed by atoms with Gasteiger partial charge in [-0.05, 0) is 118 Å². The molecule has 4 aromatic heterocycles. The van der Waals surface area contributed by atoms with Crippen LogP contribution in [0.4, 0.5) is 37.2 Å². The summed E-state index contributed by atoms with van der Waals surface area (Å²) in [5, 5.41) is 2.57. The average molecular weight is 1350 g/mol. The van der Waals surface area contributed by atoms with Crippen molar-refractivity contribution >= 4 is 113 Å². The highest BCUT2D eigenvalue weighted by molar-refractivity contribution is 9.10. The number of nitrogen functional groups attached to an aromatic ring is 1. The second-order valence-corrected chi connectivity index (χ2v) is 26.8. The summed E-state index contributed by atoms with van der Waals surface area (Å²) < 4.78 is 118. The Kier molecular flexibility index (Phi) is 16.9. The number of anilines is 5. The van der Waals surface area contributed by atoms with Crippen LogP contribution in [0.3, 0.4) is 0 Å². The smallest absolute Gasteiger partial charge is 0.339 e. The number of rotatable bonds is 13. The van der Waals surface area contributed by atoms with Crippen molar-refractivity contribution < 1.29 is 38.2 Å². The molecule has 444 valence electrons. The van der Waals surface area contributed by atoms with Crippen LogP contribution in [0.15, 0.2) is 164 Å². The highest BCUT2D eigenvalue weighted by atomic mass is 79.9. The second kappa shape index (κ2) is 23.5. The van der Waals surface area contributed by atoms with Gasteiger partial charge in [-0.3, -0.25) is 46.9 Å². The van der Waals surface area contributed by atoms with Gasteiger partial charge in [0.15, 0.2) is 5.75 Å². The van der Waals surface area contributed by atoms with Gasteiger partial charge in [0.1, 0.15) is 38.6 Å². The standard InChI is InChI=1S/C25H24N4O8S2.C24H21BrFN5O5S.C6H5BrFN/c1-15-7-11-19(12-8-15)39(35,36)37-20-14-21(30)27(2)23-22(20)24(31)29(17-9-10-17)25(32)28(23)18-6-4-5-16(13-18)26-38(3,33)34;1-29-20(32)12-19(27-18-9-6-13(25)10-17(18)26)21-22(29)30(24(34)31(23(21)33)15-7-8-15)16-5-3-4-14(11-16)28-37(2,35)36;7-4-1-2-6(9)5(8)3-4/h4-8,11-14,17,26H,9-10H2,1-3H3;3-6,9-12,15,27-28H,7-8H2,1-2H3;1-3H,9H2. The first kappa shape index (κ1) is 61.1. The molecule has 11 rings (SSSR count). The minimum Gasteiger partial charge on any atom is -0.396 e. The molecule has 30 heteroatoms. The number of benzene rings is 5. The highest BCUT2D eigenvalue weighted by Gasteiger charge is 2.34. The number of halogens is 4. The van der Waals surface area contributed by atoms with Gasteiger partial charge in [-0.1, -0.05) is 61.7 Å². The van der Waals surface area contributed by atoms with E-state index in [2.05, 4.69) is 46.6 Å². The van der Waals surface area contributed by atoms with Crippen molar-refractivity contribution in [3.63, 3.8) is 0 Å². The van der Waals surface area contributed by atoms with E-state index in [0.717, 1.165) is 47.0 Å². The van der Waals surface area contributed by atoms with Gasteiger partial charge in [0.2, 0.25) is 20.0 Å². The molecule has 0 saturated heterocycles. The van der Waals surface area contributed by atoms with Gasteiger partial charge in [0, 0.05) is 47.3 Å². The van der Waals surface area contributed by atoms with Gasteiger partial charge in [0.25, 0.3) is 22.2 Å². The van der Waals surface area contributed by atoms with Crippen LogP contribution in [0.1, 0.15) is 43.3 Å². The van der Waals surface area contributed by atoms with Crippen molar-refractivity contribution in [1.29, 1.82) is 0 Å². The van der Waals surface area contributed by atoms with Crippen LogP contribution in [0.2, 0.25) is 0 Å². The first-order valence-corrected chi connectivity index (χ1v) is 32.1. The van der Waals surface area contributed by atoms with Gasteiger partial charge < -0.3 is 15.2 Å². The molecule has 9 aromatic rings. The third-order valence-corrected chi connectivity index (χ3v) is 16.6. The lowest BCUT2D eigenvalue weighted by atomic mass is 10.2. The van der Waals surface area contributed by atoms with Crippen LogP contribution in [0.5, 0.6) is 5.75 Å². The van der Waals surface area contributed by atoms with E-state index in [-0.39, 0.29) is 78.6 Å². The van der Waals surface area contributed by atoms with Crippen LogP contribution in [-0.2, 0) is 44.3 Å². The van der Waals surface area contributed by atoms with E-state index in [9.17, 15) is 62.8 Å². The van der Waals surface area contributed by atoms with Gasteiger partial charge in [-0.25, -0.2) is 44.3 Å². The number of nitrogens with two attached hydrogens (primary N) is 1. The zero-order chi connectivity index (χ0) is 61.8. The van der Waals surface area contributed by atoms with Crippen LogP contribution < -0.4 is 58.3 Å². The Labute approximate surface area is 498 Å². The Hall–Kier alpha value is -8.45. The summed E-state index contributed by atoms with van der Waals surface area (Å²) in [5.74, 6) is -1.52. The topological polar surface area (TPSA) is 306 Å². The monoisotopic (exact) mass is 1350 g/mol. The fourth-order valence-corrected chi connectivity index (χ4v) is 11.7. The molecule has 0 radical (unpaired) electrons. The molecule has 0 bridgehead atoms. The summed E-state index contributed by atoms with van der Waals surface area (Å²) in [6.07, 6.45) is 4.34. The Morgan fingerprint density at radius 2 is 1.02 bits per heavy atom. The number of nitrogens with zero attached hydrogens (tertiary/aromatic N) is 6. The van der Waals surface area contributed by atoms with Crippen LogP contribution in [0.25, 0.3) is 33.4 Å². The third kappa shape index (κ3) is 13.4. The molecule has 2 aliphatic carbocycles. The van der Waals surface area contributed by atoms with Crippen molar-refractivity contribution in [2.24, 2.45) is 14.1 Å². The number of aromatic nitrogens is 6. The number of hydrogen-bond acceptors (Lipinski definition) is 15. The van der Waals surface area contributed by atoms with E-state index in [1.54, 1.807) is 43.3 Å². The van der Waals surface area contributed by atoms with Crippen LogP contribution >= 0.6 is 31.9 Å². The maximum atomic E-state index is 14.7. The molecular formula is C55H50Br2F2N10O13S3. The van der Waals surface area contributed by atoms with Crippen molar-refractivity contribution in [1.82, 2.24) is 27.4 Å². The van der Waals surface area contributed by atoms with Gasteiger partial charge in [-0.15, -0.1) is 0 Å². The molecule has 2 fully saturated rings. The van der Waals surface area contributed by atoms with Crippen molar-refractivity contribution in [3.05, 3.63) is 210 Å². The summed E-state index contributed by atoms with van der Waals surface area (Å²) in [6, 6.07) is 27.9. The minimum absolute atomic E-state index is 0.0115. The maximum Gasteiger partial charge on any atom is 0.339 e. The summed E-state index contributed by atoms with van der Waals surface area (Å²) in [4.78, 5) is 80.6. The number of aryl methyl sites for hydroxylation is 3. The fourth-order valence-electron chi connectivity index (χ4n) is 8.99. The van der Waals surface area contributed by atoms with Crippen molar-refractivity contribution in [2.75, 3.05) is 33.0 Å². The molecule has 0 spiro atoms. The fraction of sp³-hybridized carbons (Fsp3) is 0.200. The van der Waals surface area contributed by atoms with E-state index < -0.39 is 81.4 Å². The predicted octanol–water partition coefficient (Wildman–Crippen LogP) is 7.01. The Balaban J connectivity index is 0.000000177. The summed E-state index contributed by atoms with van der Waals surface area (Å²) in [7, 11) is -8.97. The van der Waals surface area contributed by atoms with E-state index in [0.29, 0.717) is 34.6 Å². The zero-order valence-electron chi connectivity index (χ0n) is 45.3. The lowest BCUT2D eigenvalue weighted by molar-refractivity contribution is 0.486. The Morgan fingerprint density at radius 1 is 0.565 bits per heavy atom. The molecular weight excluding hydrogens is 1300 g/mol. The lowest BCUT2D eigenvalue weighted by Gasteiger charge is -2.19. The molecule has 2 saturated carbocycles. The van der Waals surface area contributed by atoms with Crippen LogP contribution in [-0.4, -0.2) is 65.2 Å². The number of pyridine rings is 2. The Bertz CT molecular complexity index is 4970. The molecule has 0 unspecified atom stereocenters. The Morgan fingerprint density at radius 3 is 1.48 bits per heavy atom. The van der Waals surface area contributed by atoms with Gasteiger partial charge >= 0.3 is 21.5 Å². The zero-order valence-corrected chi connectivity index (χ0v) is 51.0. The molecule has 0 amide bonds. The van der Waals surface area contributed by atoms with E-state index in [1.165, 1.54) is 97.5 Å². The van der Waals surface area contributed by atoms with E-state index >= 15 is 0 Å². The van der Waals surface area contributed by atoms with Gasteiger partial charge in [0.05, 0.1) is 52.3 Å². The molecule has 4 heterocycles. The van der Waals surface area contributed by atoms with E-state index in [1.807, 2.05) is 0 Å². The molecule has 23 nitrogen and oxygen atoms in total. The molecule has 2 aliphatic rings. The predicted molar refractivity (Wildman–Crippen MR) is 326 cm³/mol. The SMILES string of the molecule is Cc1ccc(S(=O)(=O)Oc2cc(=O)n(C)c3c2c(=O)n(C2CC2)c(=O)n3-c2cccc(NS(C)(=O)=O)c2)cc1.Cn1c(=O)cc(Nc2ccc(Br)cc2F)c2c(=O)n(C3CC3)c(=O)n(-c3cccc(NS(C)(=O)=O)c3)c21.Nc1ccc(Br)cc1F. The van der Waals surface area contributed by atoms with Crippen LogP contribution in [0, 0.1) is 18.6 Å². The third-order valence-electron chi connectivity index (χ3n) is 13.2. The number of nitrogens with one attached hydrogen (secondary N) is 3. The van der Waals surface area contributed by atoms with Crippen molar-refractivity contribution in [3.8, 4) is 17.1 Å². The first-order valence-electron chi connectivity index (χ1n) is 25.3. The number of sulfonamides is 2. The largest absolute Gasteiger partial charge is 0.396 e. The maximum absolute atomic E-state index is 14.7. The number of hydrogen-bond donors (Lipinski definition) is 4. The molecule has 0 atom stereocenters. The summed E-state index contributed by atoms with van der Waals surface area (Å²) in [6.45, 7) is 1.78. The molecule has 5 aromatic carbocycles. The first-order chi connectivity index (χ1) is 39.9. The minimum atomic E-state index is -4.46. The van der Waals surface area contributed by atoms with E-state index in [4.69, 9.17) is 9.92 Å². The second-order valence-electron chi connectivity index (χ2n) is 19.9. The van der Waals surface area contributed by atoms with Crippen molar-refractivity contribution in [2.45, 2.75) is 49.6 Å². The quantitative estimate of drug-likeness (QED) is 0.0667. The molecule has 85 heavy (non-hydrogen) atoms. The average Bonchev–Trinajstić information content (AvgIpc) is 1.54. The highest BCUT2D eigenvalue weighted by Crippen LogP contribution is 2.36.